The molecule has 0 aliphatic heterocycles. The van der Waals surface area contributed by atoms with Crippen LogP contribution in [-0.2, 0) is 11.2 Å². The van der Waals surface area contributed by atoms with E-state index in [1.54, 1.807) is 12.5 Å². The largest absolute Gasteiger partial charge is 0.493 e. The van der Waals surface area contributed by atoms with Gasteiger partial charge in [0, 0.05) is 24.9 Å². The number of aryl methyl sites for hydroxylation is 1. The van der Waals surface area contributed by atoms with E-state index in [4.69, 9.17) is 4.74 Å². The number of imidazole rings is 1. The number of benzene rings is 1. The molecule has 0 saturated heterocycles. The van der Waals surface area contributed by atoms with Gasteiger partial charge in [-0.15, -0.1) is 0 Å². The maximum absolute atomic E-state index is 11.7. The van der Waals surface area contributed by atoms with Gasteiger partial charge in [-0.1, -0.05) is 12.1 Å². The van der Waals surface area contributed by atoms with Crippen LogP contribution in [0.4, 0.5) is 0 Å². The number of carbonyl (C=O) groups excluding carboxylic acids is 1. The van der Waals surface area contributed by atoms with E-state index in [-0.39, 0.29) is 5.91 Å². The predicted octanol–water partition coefficient (Wildman–Crippen LogP) is 2.15. The second kappa shape index (κ2) is 7.47. The van der Waals surface area contributed by atoms with Crippen molar-refractivity contribution in [3.8, 4) is 5.75 Å². The molecule has 1 amide bonds. The molecular weight excluding hydrogens is 266 g/mol. The summed E-state index contributed by atoms with van der Waals surface area (Å²) in [7, 11) is 0. The summed E-state index contributed by atoms with van der Waals surface area (Å²) in [5.41, 5.74) is 3.33. The molecule has 0 atom stereocenters. The van der Waals surface area contributed by atoms with E-state index in [1.807, 2.05) is 32.0 Å². The monoisotopic (exact) mass is 287 g/mol. The van der Waals surface area contributed by atoms with Crippen LogP contribution >= 0.6 is 0 Å². The number of hydrogen-bond donors (Lipinski definition) is 2. The van der Waals surface area contributed by atoms with Crippen molar-refractivity contribution in [2.45, 2.75) is 26.7 Å². The van der Waals surface area contributed by atoms with E-state index < -0.39 is 0 Å². The molecule has 21 heavy (non-hydrogen) atoms. The van der Waals surface area contributed by atoms with Gasteiger partial charge in [-0.05, 0) is 31.0 Å². The second-order valence-electron chi connectivity index (χ2n) is 4.97. The summed E-state index contributed by atoms with van der Waals surface area (Å²) in [5, 5.41) is 2.87. The quantitative estimate of drug-likeness (QED) is 0.820. The van der Waals surface area contributed by atoms with Gasteiger partial charge in [-0.25, -0.2) is 4.98 Å². The second-order valence-corrected chi connectivity index (χ2v) is 4.97. The standard InChI is InChI=1S/C16H21N3O2/c1-12-4-3-5-15(13(12)2)21-9-7-16(20)18-8-6-14-10-17-11-19-14/h3-5,10-11H,6-9H2,1-2H3,(H,17,19)(H,18,20). The number of amides is 1. The van der Waals surface area contributed by atoms with Crippen LogP contribution in [0.1, 0.15) is 23.2 Å². The first kappa shape index (κ1) is 15.1. The fraction of sp³-hybridized carbons (Fsp3) is 0.375. The number of nitrogens with one attached hydrogen (secondary N) is 2. The third-order valence-corrected chi connectivity index (χ3v) is 3.41. The van der Waals surface area contributed by atoms with Crippen molar-refractivity contribution in [3.05, 3.63) is 47.5 Å². The maximum Gasteiger partial charge on any atom is 0.223 e. The lowest BCUT2D eigenvalue weighted by atomic mass is 10.1. The molecule has 0 fully saturated rings. The maximum atomic E-state index is 11.7. The summed E-state index contributed by atoms with van der Waals surface area (Å²) >= 11 is 0. The molecule has 0 aliphatic rings. The zero-order chi connectivity index (χ0) is 15.1. The number of ether oxygens (including phenoxy) is 1. The van der Waals surface area contributed by atoms with Gasteiger partial charge in [0.05, 0.1) is 19.4 Å². The normalized spacial score (nSPS) is 10.4. The molecule has 112 valence electrons. The Labute approximate surface area is 124 Å². The lowest BCUT2D eigenvalue weighted by Crippen LogP contribution is -2.27. The number of nitrogens with zero attached hydrogens (tertiary/aromatic N) is 1. The molecule has 0 bridgehead atoms. The van der Waals surface area contributed by atoms with Gasteiger partial charge in [0.15, 0.2) is 0 Å². The first-order valence-electron chi connectivity index (χ1n) is 7.10. The highest BCUT2D eigenvalue weighted by molar-refractivity contribution is 5.75. The first-order chi connectivity index (χ1) is 10.2. The summed E-state index contributed by atoms with van der Waals surface area (Å²) < 4.78 is 5.66. The lowest BCUT2D eigenvalue weighted by Gasteiger charge is -2.10. The van der Waals surface area contributed by atoms with Gasteiger partial charge in [-0.3, -0.25) is 4.79 Å². The van der Waals surface area contributed by atoms with Crippen molar-refractivity contribution < 1.29 is 9.53 Å². The highest BCUT2D eigenvalue weighted by Gasteiger charge is 2.05. The minimum absolute atomic E-state index is 0.000165. The first-order valence-corrected chi connectivity index (χ1v) is 7.10. The topological polar surface area (TPSA) is 67.0 Å². The van der Waals surface area contributed by atoms with Gasteiger partial charge in [-0.2, -0.15) is 0 Å². The third-order valence-electron chi connectivity index (χ3n) is 3.41. The summed E-state index contributed by atoms with van der Waals surface area (Å²) in [6, 6.07) is 5.94. The van der Waals surface area contributed by atoms with Crippen LogP contribution in [0.5, 0.6) is 5.75 Å². The molecule has 0 saturated carbocycles. The lowest BCUT2D eigenvalue weighted by molar-refractivity contribution is -0.121. The van der Waals surface area contributed by atoms with E-state index >= 15 is 0 Å². The van der Waals surface area contributed by atoms with Crippen LogP contribution in [0, 0.1) is 13.8 Å². The Bertz CT molecular complexity index is 579. The smallest absolute Gasteiger partial charge is 0.223 e. The molecule has 0 spiro atoms. The Balaban J connectivity index is 1.66. The molecule has 1 aromatic heterocycles. The van der Waals surface area contributed by atoms with Gasteiger partial charge >= 0.3 is 0 Å². The Morgan fingerprint density at radius 1 is 1.38 bits per heavy atom. The number of aromatic nitrogens is 2. The van der Waals surface area contributed by atoms with Gasteiger partial charge in [0.2, 0.25) is 5.91 Å². The van der Waals surface area contributed by atoms with Crippen molar-refractivity contribution >= 4 is 5.91 Å². The summed E-state index contributed by atoms with van der Waals surface area (Å²) in [6.07, 6.45) is 4.50. The van der Waals surface area contributed by atoms with Crippen LogP contribution in [0.15, 0.2) is 30.7 Å². The molecule has 1 aromatic carbocycles. The van der Waals surface area contributed by atoms with Gasteiger partial charge in [0.25, 0.3) is 0 Å². The van der Waals surface area contributed by atoms with Gasteiger partial charge in [0.1, 0.15) is 5.75 Å². The molecule has 2 aromatic rings. The summed E-state index contributed by atoms with van der Waals surface area (Å²) in [5.74, 6) is 0.847. The van der Waals surface area contributed by atoms with Crippen molar-refractivity contribution in [2.75, 3.05) is 13.2 Å². The zero-order valence-corrected chi connectivity index (χ0v) is 12.5. The molecule has 5 nitrogen and oxygen atoms in total. The van der Waals surface area contributed by atoms with E-state index in [9.17, 15) is 4.79 Å². The fourth-order valence-corrected chi connectivity index (χ4v) is 1.98. The average Bonchev–Trinajstić information content (AvgIpc) is 2.97. The number of aromatic amines is 1. The molecule has 2 N–H and O–H groups in total. The Morgan fingerprint density at radius 2 is 2.24 bits per heavy atom. The van der Waals surface area contributed by atoms with Gasteiger partial charge < -0.3 is 15.0 Å². The molecule has 0 radical (unpaired) electrons. The highest BCUT2D eigenvalue weighted by Crippen LogP contribution is 2.20. The zero-order valence-electron chi connectivity index (χ0n) is 12.5. The predicted molar refractivity (Wildman–Crippen MR) is 81.3 cm³/mol. The Morgan fingerprint density at radius 3 is 3.00 bits per heavy atom. The number of carbonyl (C=O) groups is 1. The van der Waals surface area contributed by atoms with Crippen LogP contribution in [0.2, 0.25) is 0 Å². The molecule has 2 rings (SSSR count). The van der Waals surface area contributed by atoms with Crippen molar-refractivity contribution in [1.82, 2.24) is 15.3 Å². The van der Waals surface area contributed by atoms with Crippen LogP contribution < -0.4 is 10.1 Å². The van der Waals surface area contributed by atoms with Crippen LogP contribution in [-0.4, -0.2) is 29.0 Å². The van der Waals surface area contributed by atoms with E-state index in [0.717, 1.165) is 23.4 Å². The van der Waals surface area contributed by atoms with E-state index in [1.165, 1.54) is 5.56 Å². The third kappa shape index (κ3) is 4.63. The van der Waals surface area contributed by atoms with Crippen LogP contribution in [0.3, 0.4) is 0 Å². The minimum atomic E-state index is -0.000165. The Hall–Kier alpha value is -2.30. The number of hydrogen-bond acceptors (Lipinski definition) is 3. The molecule has 0 unspecified atom stereocenters. The van der Waals surface area contributed by atoms with E-state index in [0.29, 0.717) is 19.6 Å². The molecule has 1 heterocycles. The highest BCUT2D eigenvalue weighted by atomic mass is 16.5. The molecule has 5 heteroatoms. The number of rotatable bonds is 7. The summed E-state index contributed by atoms with van der Waals surface area (Å²) in [6.45, 7) is 5.06. The molecule has 0 aliphatic carbocycles. The molecular formula is C16H21N3O2. The average molecular weight is 287 g/mol. The van der Waals surface area contributed by atoms with Crippen molar-refractivity contribution in [1.29, 1.82) is 0 Å². The number of H-pyrrole nitrogens is 1. The van der Waals surface area contributed by atoms with E-state index in [2.05, 4.69) is 15.3 Å². The van der Waals surface area contributed by atoms with Crippen LogP contribution in [0.25, 0.3) is 0 Å². The fourth-order valence-electron chi connectivity index (χ4n) is 1.98. The van der Waals surface area contributed by atoms with Crippen molar-refractivity contribution in [3.63, 3.8) is 0 Å². The Kier molecular flexibility index (Phi) is 5.37. The minimum Gasteiger partial charge on any atom is -0.493 e. The SMILES string of the molecule is Cc1cccc(OCCC(=O)NCCc2cnc[nH]2)c1C. The van der Waals surface area contributed by atoms with Crippen molar-refractivity contribution in [2.24, 2.45) is 0 Å². The summed E-state index contributed by atoms with van der Waals surface area (Å²) in [4.78, 5) is 18.6.